The Kier molecular flexibility index (Phi) is 19.1. The van der Waals surface area contributed by atoms with Gasteiger partial charge in [-0.25, -0.2) is 9.97 Å². The number of aldehydes is 1. The number of aryl methyl sites for hydroxylation is 2. The van der Waals surface area contributed by atoms with E-state index >= 15 is 0 Å². The number of ether oxygens (including phenoxy) is 2. The van der Waals surface area contributed by atoms with E-state index in [1.54, 1.807) is 55.1 Å². The second-order valence-corrected chi connectivity index (χ2v) is 5.38. The first-order chi connectivity index (χ1) is 14.2. The third-order valence-corrected chi connectivity index (χ3v) is 2.88. The minimum absolute atomic E-state index is 0.0507. The van der Waals surface area contributed by atoms with Crippen LogP contribution in [0.25, 0.3) is 0 Å². The van der Waals surface area contributed by atoms with Gasteiger partial charge in [0.1, 0.15) is 11.8 Å². The van der Waals surface area contributed by atoms with E-state index in [1.807, 2.05) is 7.05 Å². The molecule has 0 fully saturated rings. The van der Waals surface area contributed by atoms with Gasteiger partial charge >= 0.3 is 35.9 Å². The first-order valence-electron chi connectivity index (χ1n) is 8.73. The fraction of sp³-hybridized carbons (Fsp3) is 0.444. The number of hydrogen-bond donors (Lipinski definition) is 1. The van der Waals surface area contributed by atoms with Crippen molar-refractivity contribution >= 4 is 31.8 Å². The van der Waals surface area contributed by atoms with Crippen LogP contribution in [0.2, 0.25) is 0 Å². The van der Waals surface area contributed by atoms with E-state index in [1.165, 1.54) is 16.3 Å². The molecule has 0 spiro atoms. The number of rotatable bonds is 6. The van der Waals surface area contributed by atoms with Gasteiger partial charge in [0.05, 0.1) is 38.0 Å². The van der Waals surface area contributed by atoms with Crippen molar-refractivity contribution in [3.05, 3.63) is 43.4 Å². The molecule has 10 nitrogen and oxygen atoms in total. The number of carbonyl (C=O) groups is 3. The van der Waals surface area contributed by atoms with E-state index in [2.05, 4.69) is 35.3 Å². The normalized spacial score (nSPS) is 10.0. The Morgan fingerprint density at radius 1 is 1.17 bits per heavy atom. The summed E-state index contributed by atoms with van der Waals surface area (Å²) in [7, 11) is 3.62. The Morgan fingerprint density at radius 3 is 2.00 bits per heavy atom. The summed E-state index contributed by atoms with van der Waals surface area (Å²) in [6, 6.07) is 0. The minimum atomic E-state index is -0.879. The van der Waals surface area contributed by atoms with E-state index in [0.717, 1.165) is 6.29 Å². The Bertz CT molecular complexity index is 738. The second-order valence-electron chi connectivity index (χ2n) is 5.38. The third kappa shape index (κ3) is 15.8. The van der Waals surface area contributed by atoms with Crippen LogP contribution in [-0.2, 0) is 49.5 Å². The summed E-state index contributed by atoms with van der Waals surface area (Å²) in [6.45, 7) is 7.18. The zero-order chi connectivity index (χ0) is 23.5. The molecule has 0 aliphatic rings. The summed E-state index contributed by atoms with van der Waals surface area (Å²) >= 11 is 4.25. The van der Waals surface area contributed by atoms with Crippen LogP contribution in [0.15, 0.2) is 25.0 Å². The monoisotopic (exact) mass is 538 g/mol. The molecule has 0 saturated heterocycles. The van der Waals surface area contributed by atoms with Crippen molar-refractivity contribution in [2.45, 2.75) is 26.4 Å². The van der Waals surface area contributed by atoms with Gasteiger partial charge in [0.2, 0.25) is 0 Å². The van der Waals surface area contributed by atoms with Crippen LogP contribution in [0.3, 0.4) is 0 Å². The third-order valence-electron chi connectivity index (χ3n) is 2.88. The number of aliphatic hydroxyl groups excluding tert-OH is 1. The number of nitrogens with zero attached hydrogens (tertiary/aromatic N) is 4. The van der Waals surface area contributed by atoms with Crippen LogP contribution in [-0.4, -0.2) is 55.6 Å². The Balaban J connectivity index is 0. The van der Waals surface area contributed by atoms with E-state index in [4.69, 9.17) is 4.74 Å². The predicted octanol–water partition coefficient (Wildman–Crippen LogP) is 1.87. The van der Waals surface area contributed by atoms with Crippen molar-refractivity contribution in [2.24, 2.45) is 14.1 Å². The SMILES string of the molecule is CCOC(=O)CC(O)c1cn(C)cn1.Cn1cnc(C=O)c1.[CH2-]C(=O)OCC.[Zn+][Br]. The summed E-state index contributed by atoms with van der Waals surface area (Å²) in [4.78, 5) is 38.3. The second kappa shape index (κ2) is 19.0. The molecule has 0 saturated carbocycles. The van der Waals surface area contributed by atoms with Crippen molar-refractivity contribution in [3.8, 4) is 0 Å². The fourth-order valence-corrected chi connectivity index (χ4v) is 1.74. The van der Waals surface area contributed by atoms with Gasteiger partial charge in [-0.15, -0.1) is 0 Å². The number of aromatic nitrogens is 4. The molecule has 0 aliphatic carbocycles. The van der Waals surface area contributed by atoms with Gasteiger partial charge < -0.3 is 23.7 Å². The van der Waals surface area contributed by atoms with Crippen molar-refractivity contribution < 1.29 is 45.3 Å². The van der Waals surface area contributed by atoms with Crippen LogP contribution in [0.5, 0.6) is 0 Å². The molecule has 12 heteroatoms. The van der Waals surface area contributed by atoms with Crippen molar-refractivity contribution in [1.29, 1.82) is 0 Å². The van der Waals surface area contributed by atoms with Crippen LogP contribution >= 0.6 is 13.6 Å². The number of aliphatic hydroxyl groups is 1. The molecular formula is C18H27BrN4O6Zn. The summed E-state index contributed by atoms with van der Waals surface area (Å²) < 4.78 is 12.4. The van der Waals surface area contributed by atoms with Gasteiger partial charge in [-0.1, -0.05) is 0 Å². The zero-order valence-corrected chi connectivity index (χ0v) is 22.2. The van der Waals surface area contributed by atoms with E-state index in [-0.39, 0.29) is 6.42 Å². The average Bonchev–Trinajstić information content (AvgIpc) is 3.32. The van der Waals surface area contributed by atoms with Crippen molar-refractivity contribution in [2.75, 3.05) is 13.2 Å². The molecule has 0 amide bonds. The van der Waals surface area contributed by atoms with Crippen molar-refractivity contribution in [1.82, 2.24) is 19.1 Å². The number of hydrogen-bond acceptors (Lipinski definition) is 8. The number of carbonyl (C=O) groups excluding carboxylic acids is 3. The molecule has 1 N–H and O–H groups in total. The van der Waals surface area contributed by atoms with Gasteiger partial charge in [-0.2, -0.15) is 0 Å². The summed E-state index contributed by atoms with van der Waals surface area (Å²) in [5.41, 5.74) is 0.966. The van der Waals surface area contributed by atoms with E-state index in [0.29, 0.717) is 24.6 Å². The quantitative estimate of drug-likeness (QED) is 0.255. The summed E-state index contributed by atoms with van der Waals surface area (Å²) in [6.07, 6.45) is 6.28. The van der Waals surface area contributed by atoms with Gasteiger partial charge in [0, 0.05) is 26.5 Å². The molecule has 2 heterocycles. The maximum absolute atomic E-state index is 11.0. The summed E-state index contributed by atoms with van der Waals surface area (Å²) in [5, 5.41) is 9.55. The molecule has 2 aromatic heterocycles. The molecule has 0 aliphatic heterocycles. The van der Waals surface area contributed by atoms with Crippen molar-refractivity contribution in [3.63, 3.8) is 0 Å². The van der Waals surface area contributed by atoms with E-state index < -0.39 is 18.0 Å². The Morgan fingerprint density at radius 2 is 1.70 bits per heavy atom. The molecule has 2 aromatic rings. The van der Waals surface area contributed by atoms with Gasteiger partial charge in [0.15, 0.2) is 12.3 Å². The van der Waals surface area contributed by atoms with Gasteiger partial charge in [0.25, 0.3) is 0 Å². The van der Waals surface area contributed by atoms with Gasteiger partial charge in [-0.05, 0) is 13.8 Å². The molecular weight excluding hydrogens is 514 g/mol. The molecule has 2 rings (SSSR count). The molecule has 0 aromatic carbocycles. The number of halogens is 1. The molecule has 1 atom stereocenters. The van der Waals surface area contributed by atoms with Crippen LogP contribution < -0.4 is 0 Å². The van der Waals surface area contributed by atoms with Crippen LogP contribution in [0.1, 0.15) is 42.6 Å². The number of esters is 2. The molecule has 0 radical (unpaired) electrons. The Hall–Kier alpha value is -2.04. The summed E-state index contributed by atoms with van der Waals surface area (Å²) in [5.74, 6) is -0.872. The molecule has 0 bridgehead atoms. The Labute approximate surface area is 193 Å². The molecule has 30 heavy (non-hydrogen) atoms. The molecule has 164 valence electrons. The van der Waals surface area contributed by atoms with Crippen LogP contribution in [0, 0.1) is 6.92 Å². The van der Waals surface area contributed by atoms with E-state index in [9.17, 15) is 19.5 Å². The standard InChI is InChI=1S/C9H14N2O3.C5H6N2O.C4H7O2.BrH.Zn/c1-3-14-9(13)4-8(12)7-5-11(2)6-10-7;1-7-2-5(3-8)6-4-7;1-3-6-4(2)5;;/h5-6,8,12H,3-4H2,1-2H3;2-4H,1H3;2-3H2,1H3;1H;/q;;-1;;+2/p-1. The first kappa shape index (κ1) is 30.2. The fourth-order valence-electron chi connectivity index (χ4n) is 1.74. The van der Waals surface area contributed by atoms with Crippen LogP contribution in [0.4, 0.5) is 0 Å². The number of imidazole rings is 2. The average molecular weight is 541 g/mol. The first-order valence-corrected chi connectivity index (χ1v) is 15.7. The maximum atomic E-state index is 11.0. The zero-order valence-electron chi connectivity index (χ0n) is 17.7. The van der Waals surface area contributed by atoms with Gasteiger partial charge in [-0.3, -0.25) is 21.3 Å². The topological polar surface area (TPSA) is 126 Å². The predicted molar refractivity (Wildman–Crippen MR) is 109 cm³/mol. The molecule has 1 unspecified atom stereocenters.